The molecule has 3 aromatic rings. The fraction of sp³-hybridized carbons (Fsp3) is 0.267. The topological polar surface area (TPSA) is 73.4 Å². The number of nitrogens with zero attached hydrogens (tertiary/aromatic N) is 4. The molecule has 0 saturated carbocycles. The Morgan fingerprint density at radius 3 is 1.15 bits per heavy atom. The summed E-state index contributed by atoms with van der Waals surface area (Å²) in [6, 6.07) is 20.7. The van der Waals surface area contributed by atoms with Crippen molar-refractivity contribution in [3.05, 3.63) is 93.6 Å². The number of benzene rings is 2. The molecule has 3 rings (SSSR count). The van der Waals surface area contributed by atoms with Gasteiger partial charge in [-0.15, -0.1) is 0 Å². The van der Waals surface area contributed by atoms with Crippen molar-refractivity contribution >= 4 is 24.3 Å². The largest absolute Gasteiger partial charge is 0.232 e. The first kappa shape index (κ1) is 24.6. The van der Waals surface area contributed by atoms with E-state index in [0.29, 0.717) is 11.4 Å². The minimum Gasteiger partial charge on any atom is -0.232 e. The third kappa shape index (κ3) is 6.06. The van der Waals surface area contributed by atoms with Crippen molar-refractivity contribution in [3.63, 3.8) is 0 Å². The van der Waals surface area contributed by atoms with Crippen LogP contribution in [0.3, 0.4) is 0 Å². The summed E-state index contributed by atoms with van der Waals surface area (Å²) in [5, 5.41) is 18.8. The molecule has 34 heavy (non-hydrogen) atoms. The SMILES string of the molecule is CC(C)(C)c1ccc(/C=C/c2nc(C#N)c(C#N)nc2/C=C/c2ccc(C(C)(C)C)cc2)cc1. The van der Waals surface area contributed by atoms with Crippen molar-refractivity contribution < 1.29 is 0 Å². The van der Waals surface area contributed by atoms with Gasteiger partial charge in [0.15, 0.2) is 11.4 Å². The summed E-state index contributed by atoms with van der Waals surface area (Å²) in [4.78, 5) is 8.82. The minimum absolute atomic E-state index is 0.0249. The van der Waals surface area contributed by atoms with Gasteiger partial charge in [-0.3, -0.25) is 0 Å². The van der Waals surface area contributed by atoms with E-state index in [1.807, 2.05) is 36.4 Å². The van der Waals surface area contributed by atoms with E-state index in [-0.39, 0.29) is 22.2 Å². The highest BCUT2D eigenvalue weighted by Crippen LogP contribution is 2.24. The Kier molecular flexibility index (Phi) is 7.14. The first-order valence-corrected chi connectivity index (χ1v) is 11.3. The lowest BCUT2D eigenvalue weighted by atomic mass is 9.86. The Balaban J connectivity index is 1.96. The fourth-order valence-corrected chi connectivity index (χ4v) is 3.40. The Morgan fingerprint density at radius 2 is 0.882 bits per heavy atom. The van der Waals surface area contributed by atoms with Crippen LogP contribution in [0.5, 0.6) is 0 Å². The molecule has 4 heteroatoms. The normalized spacial score (nSPS) is 12.1. The molecule has 0 aliphatic heterocycles. The zero-order valence-electron chi connectivity index (χ0n) is 20.7. The Morgan fingerprint density at radius 1 is 0.559 bits per heavy atom. The molecular weight excluding hydrogens is 416 g/mol. The molecule has 170 valence electrons. The van der Waals surface area contributed by atoms with E-state index in [1.54, 1.807) is 0 Å². The first-order chi connectivity index (χ1) is 16.0. The van der Waals surface area contributed by atoms with Gasteiger partial charge < -0.3 is 0 Å². The van der Waals surface area contributed by atoms with E-state index >= 15 is 0 Å². The second kappa shape index (κ2) is 9.86. The molecule has 1 heterocycles. The summed E-state index contributed by atoms with van der Waals surface area (Å²) < 4.78 is 0. The zero-order chi connectivity index (χ0) is 24.9. The van der Waals surface area contributed by atoms with Gasteiger partial charge in [-0.05, 0) is 45.2 Å². The number of hydrogen-bond acceptors (Lipinski definition) is 4. The van der Waals surface area contributed by atoms with Crippen LogP contribution in [-0.2, 0) is 10.8 Å². The predicted octanol–water partition coefficient (Wildman–Crippen LogP) is 7.16. The smallest absolute Gasteiger partial charge is 0.177 e. The highest BCUT2D eigenvalue weighted by atomic mass is 14.8. The molecule has 0 bridgehead atoms. The summed E-state index contributed by atoms with van der Waals surface area (Å²) in [7, 11) is 0. The van der Waals surface area contributed by atoms with Crippen LogP contribution >= 0.6 is 0 Å². The third-order valence-electron chi connectivity index (χ3n) is 5.58. The molecule has 0 fully saturated rings. The zero-order valence-corrected chi connectivity index (χ0v) is 20.7. The van der Waals surface area contributed by atoms with Crippen molar-refractivity contribution in [2.75, 3.05) is 0 Å². The van der Waals surface area contributed by atoms with Crippen molar-refractivity contribution in [2.45, 2.75) is 52.4 Å². The average Bonchev–Trinajstić information content (AvgIpc) is 2.80. The summed E-state index contributed by atoms with van der Waals surface area (Å²) in [6.07, 6.45) is 7.56. The van der Waals surface area contributed by atoms with E-state index < -0.39 is 0 Å². The molecule has 0 N–H and O–H groups in total. The fourth-order valence-electron chi connectivity index (χ4n) is 3.40. The molecule has 0 amide bonds. The molecule has 2 aromatic carbocycles. The monoisotopic (exact) mass is 446 g/mol. The van der Waals surface area contributed by atoms with Gasteiger partial charge in [-0.2, -0.15) is 10.5 Å². The Hall–Kier alpha value is -4.02. The van der Waals surface area contributed by atoms with Crippen LogP contribution in [0, 0.1) is 22.7 Å². The molecule has 4 nitrogen and oxygen atoms in total. The second-order valence-corrected chi connectivity index (χ2v) is 10.3. The van der Waals surface area contributed by atoms with Crippen LogP contribution < -0.4 is 0 Å². The van der Waals surface area contributed by atoms with Gasteiger partial charge in [0.2, 0.25) is 0 Å². The van der Waals surface area contributed by atoms with Gasteiger partial charge in [0.05, 0.1) is 11.4 Å². The predicted molar refractivity (Wildman–Crippen MR) is 140 cm³/mol. The van der Waals surface area contributed by atoms with Crippen LogP contribution in [0.25, 0.3) is 24.3 Å². The van der Waals surface area contributed by atoms with Crippen LogP contribution in [0.2, 0.25) is 0 Å². The van der Waals surface area contributed by atoms with Crippen LogP contribution in [0.1, 0.15) is 86.6 Å². The van der Waals surface area contributed by atoms with Gasteiger partial charge in [0, 0.05) is 0 Å². The maximum atomic E-state index is 9.41. The number of aromatic nitrogens is 2. The number of hydrogen-bond donors (Lipinski definition) is 0. The minimum atomic E-state index is 0.0249. The Labute approximate surface area is 203 Å². The standard InChI is InChI=1S/C30H30N4/c1-29(2,3)23-13-7-21(8-14-23)11-17-25-26(34-28(20-32)27(19-31)33-25)18-12-22-9-15-24(16-10-22)30(4,5)6/h7-18H,1-6H3/b17-11+,18-12+. The van der Waals surface area contributed by atoms with E-state index in [0.717, 1.165) is 11.1 Å². The van der Waals surface area contributed by atoms with Gasteiger partial charge in [-0.25, -0.2) is 9.97 Å². The van der Waals surface area contributed by atoms with Gasteiger partial charge in [0.1, 0.15) is 12.1 Å². The summed E-state index contributed by atoms with van der Waals surface area (Å²) >= 11 is 0. The van der Waals surface area contributed by atoms with Gasteiger partial charge in [0.25, 0.3) is 0 Å². The molecular formula is C30H30N4. The quantitative estimate of drug-likeness (QED) is 0.426. The van der Waals surface area contributed by atoms with Crippen LogP contribution in [0.4, 0.5) is 0 Å². The Bertz CT molecular complexity index is 1190. The summed E-state index contributed by atoms with van der Waals surface area (Å²) in [5.74, 6) is 0. The lowest BCUT2D eigenvalue weighted by molar-refractivity contribution is 0.590. The molecule has 0 aliphatic rings. The van der Waals surface area contributed by atoms with Crippen LogP contribution in [-0.4, -0.2) is 9.97 Å². The van der Waals surface area contributed by atoms with Crippen molar-refractivity contribution in [2.24, 2.45) is 0 Å². The highest BCUT2D eigenvalue weighted by molar-refractivity contribution is 5.77. The molecule has 0 spiro atoms. The van der Waals surface area contributed by atoms with Crippen molar-refractivity contribution in [1.29, 1.82) is 10.5 Å². The number of rotatable bonds is 4. The lowest BCUT2D eigenvalue weighted by Crippen LogP contribution is -2.10. The third-order valence-corrected chi connectivity index (χ3v) is 5.58. The maximum absolute atomic E-state index is 9.41. The first-order valence-electron chi connectivity index (χ1n) is 11.3. The molecule has 0 atom stereocenters. The van der Waals surface area contributed by atoms with Crippen molar-refractivity contribution in [3.8, 4) is 12.1 Å². The summed E-state index contributed by atoms with van der Waals surface area (Å²) in [6.45, 7) is 13.1. The maximum Gasteiger partial charge on any atom is 0.177 e. The molecule has 1 aromatic heterocycles. The summed E-state index contributed by atoms with van der Waals surface area (Å²) in [5.41, 5.74) is 5.86. The van der Waals surface area contributed by atoms with Gasteiger partial charge in [-0.1, -0.05) is 102 Å². The molecule has 0 saturated heterocycles. The highest BCUT2D eigenvalue weighted by Gasteiger charge is 2.14. The van der Waals surface area contributed by atoms with E-state index in [4.69, 9.17) is 0 Å². The van der Waals surface area contributed by atoms with E-state index in [9.17, 15) is 10.5 Å². The number of nitriles is 2. The molecule has 0 unspecified atom stereocenters. The second-order valence-electron chi connectivity index (χ2n) is 10.3. The van der Waals surface area contributed by atoms with Gasteiger partial charge >= 0.3 is 0 Å². The average molecular weight is 447 g/mol. The molecule has 0 radical (unpaired) electrons. The van der Waals surface area contributed by atoms with Crippen molar-refractivity contribution in [1.82, 2.24) is 9.97 Å². The van der Waals surface area contributed by atoms with E-state index in [2.05, 4.69) is 100 Å². The lowest BCUT2D eigenvalue weighted by Gasteiger charge is -2.18. The van der Waals surface area contributed by atoms with Crippen LogP contribution in [0.15, 0.2) is 48.5 Å². The molecule has 0 aliphatic carbocycles. The van der Waals surface area contributed by atoms with E-state index in [1.165, 1.54) is 11.1 Å².